The first-order valence-electron chi connectivity index (χ1n) is 8.03. The smallest absolute Gasteiger partial charge is 0.292 e. The molecule has 0 saturated heterocycles. The Morgan fingerprint density at radius 2 is 1.78 bits per heavy atom. The van der Waals surface area contributed by atoms with Crippen LogP contribution in [0.3, 0.4) is 0 Å². The van der Waals surface area contributed by atoms with E-state index in [1.54, 1.807) is 36.5 Å². The number of pyridine rings is 1. The van der Waals surface area contributed by atoms with Gasteiger partial charge in [0.1, 0.15) is 5.82 Å². The molecular formula is C20H15BrClN3O2. The lowest BCUT2D eigenvalue weighted by Crippen LogP contribution is -2.34. The molecule has 0 aliphatic heterocycles. The average molecular weight is 445 g/mol. The predicted molar refractivity (Wildman–Crippen MR) is 110 cm³/mol. The van der Waals surface area contributed by atoms with Crippen molar-refractivity contribution in [2.24, 2.45) is 0 Å². The Morgan fingerprint density at radius 3 is 2.44 bits per heavy atom. The topological polar surface area (TPSA) is 71.1 Å². The van der Waals surface area contributed by atoms with Gasteiger partial charge in [-0.15, -0.1) is 0 Å². The van der Waals surface area contributed by atoms with Gasteiger partial charge in [0.25, 0.3) is 5.91 Å². The molecule has 0 saturated carbocycles. The molecule has 0 atom stereocenters. The molecule has 3 aromatic rings. The number of amides is 3. The maximum absolute atomic E-state index is 12.2. The number of hydrogen-bond donors (Lipinski definition) is 2. The van der Waals surface area contributed by atoms with Crippen molar-refractivity contribution in [1.29, 1.82) is 0 Å². The minimum Gasteiger partial charge on any atom is -0.292 e. The van der Waals surface area contributed by atoms with Crippen LogP contribution in [0.15, 0.2) is 65.3 Å². The molecule has 0 unspecified atom stereocenters. The molecule has 2 N–H and O–H groups in total. The van der Waals surface area contributed by atoms with Crippen molar-refractivity contribution in [3.8, 4) is 11.1 Å². The second-order valence-corrected chi connectivity index (χ2v) is 7.07. The Hall–Kier alpha value is -2.70. The van der Waals surface area contributed by atoms with Crippen molar-refractivity contribution in [3.63, 3.8) is 0 Å². The third kappa shape index (κ3) is 4.72. The zero-order valence-corrected chi connectivity index (χ0v) is 16.6. The van der Waals surface area contributed by atoms with Crippen LogP contribution >= 0.6 is 27.5 Å². The number of imide groups is 1. The summed E-state index contributed by atoms with van der Waals surface area (Å²) in [6, 6.07) is 15.4. The van der Waals surface area contributed by atoms with Gasteiger partial charge in [-0.25, -0.2) is 9.78 Å². The second-order valence-electron chi connectivity index (χ2n) is 5.78. The Morgan fingerprint density at radius 1 is 1.07 bits per heavy atom. The zero-order valence-electron chi connectivity index (χ0n) is 14.3. The van der Waals surface area contributed by atoms with Crippen LogP contribution in [0.25, 0.3) is 11.1 Å². The summed E-state index contributed by atoms with van der Waals surface area (Å²) in [5, 5.41) is 5.52. The molecule has 0 radical (unpaired) electrons. The average Bonchev–Trinajstić information content (AvgIpc) is 2.63. The van der Waals surface area contributed by atoms with E-state index in [1.165, 1.54) is 0 Å². The molecule has 0 aliphatic carbocycles. The highest BCUT2D eigenvalue weighted by molar-refractivity contribution is 9.10. The number of nitrogens with one attached hydrogen (secondary N) is 2. The van der Waals surface area contributed by atoms with Gasteiger partial charge in [-0.1, -0.05) is 35.9 Å². The molecular weight excluding hydrogens is 430 g/mol. The van der Waals surface area contributed by atoms with Crippen LogP contribution in [0.4, 0.5) is 10.6 Å². The van der Waals surface area contributed by atoms with E-state index in [2.05, 4.69) is 31.5 Å². The Labute approximate surface area is 169 Å². The van der Waals surface area contributed by atoms with Crippen LogP contribution in [-0.2, 0) is 0 Å². The van der Waals surface area contributed by atoms with Gasteiger partial charge in [0.05, 0.1) is 5.56 Å². The van der Waals surface area contributed by atoms with Crippen LogP contribution in [0.2, 0.25) is 5.02 Å². The van der Waals surface area contributed by atoms with E-state index in [1.807, 2.05) is 31.2 Å². The summed E-state index contributed by atoms with van der Waals surface area (Å²) in [4.78, 5) is 28.5. The largest absolute Gasteiger partial charge is 0.327 e. The van der Waals surface area contributed by atoms with Gasteiger partial charge in [-0.05, 0) is 64.3 Å². The van der Waals surface area contributed by atoms with Crippen molar-refractivity contribution in [2.75, 3.05) is 5.32 Å². The minimum absolute atomic E-state index is 0.350. The van der Waals surface area contributed by atoms with Gasteiger partial charge in [0.15, 0.2) is 0 Å². The summed E-state index contributed by atoms with van der Waals surface area (Å²) < 4.78 is 0.608. The molecule has 2 aromatic carbocycles. The standard InChI is InChI=1S/C20H15BrClN3O2/c1-12-10-18(23-11-16(12)13-6-8-14(22)9-7-13)24-20(27)25-19(26)15-4-2-3-5-17(15)21/h2-11H,1H3,(H2,23,24,25,26,27). The molecule has 1 aromatic heterocycles. The van der Waals surface area contributed by atoms with Crippen molar-refractivity contribution in [1.82, 2.24) is 10.3 Å². The molecule has 3 amide bonds. The van der Waals surface area contributed by atoms with E-state index >= 15 is 0 Å². The molecule has 7 heteroatoms. The van der Waals surface area contributed by atoms with Crippen LogP contribution < -0.4 is 10.6 Å². The fourth-order valence-electron chi connectivity index (χ4n) is 2.52. The van der Waals surface area contributed by atoms with E-state index < -0.39 is 11.9 Å². The van der Waals surface area contributed by atoms with Crippen LogP contribution in [0.5, 0.6) is 0 Å². The fraction of sp³-hybridized carbons (Fsp3) is 0.0500. The van der Waals surface area contributed by atoms with Crippen molar-refractivity contribution in [3.05, 3.63) is 81.4 Å². The third-order valence-electron chi connectivity index (χ3n) is 3.85. The molecule has 0 bridgehead atoms. The number of halogens is 2. The normalized spacial score (nSPS) is 10.3. The lowest BCUT2D eigenvalue weighted by Gasteiger charge is -2.10. The highest BCUT2D eigenvalue weighted by atomic mass is 79.9. The number of nitrogens with zero attached hydrogens (tertiary/aromatic N) is 1. The SMILES string of the molecule is Cc1cc(NC(=O)NC(=O)c2ccccc2Br)ncc1-c1ccc(Cl)cc1. The third-order valence-corrected chi connectivity index (χ3v) is 4.80. The minimum atomic E-state index is -0.651. The number of carbonyl (C=O) groups excluding carboxylic acids is 2. The first-order chi connectivity index (χ1) is 12.9. The maximum atomic E-state index is 12.2. The van der Waals surface area contributed by atoms with Crippen LogP contribution in [0.1, 0.15) is 15.9 Å². The molecule has 0 fully saturated rings. The number of anilines is 1. The van der Waals surface area contributed by atoms with Gasteiger partial charge in [0, 0.05) is 21.3 Å². The molecule has 136 valence electrons. The van der Waals surface area contributed by atoms with Gasteiger partial charge in [0.2, 0.25) is 0 Å². The number of benzene rings is 2. The van der Waals surface area contributed by atoms with E-state index in [4.69, 9.17) is 11.6 Å². The zero-order chi connectivity index (χ0) is 19.4. The molecule has 5 nitrogen and oxygen atoms in total. The van der Waals surface area contributed by atoms with E-state index in [0.29, 0.717) is 20.9 Å². The highest BCUT2D eigenvalue weighted by Crippen LogP contribution is 2.25. The van der Waals surface area contributed by atoms with Crippen LogP contribution in [-0.4, -0.2) is 16.9 Å². The fourth-order valence-corrected chi connectivity index (χ4v) is 3.11. The Balaban J connectivity index is 1.69. The van der Waals surface area contributed by atoms with Gasteiger partial charge in [-0.3, -0.25) is 15.4 Å². The van der Waals surface area contributed by atoms with Gasteiger partial charge >= 0.3 is 6.03 Å². The van der Waals surface area contributed by atoms with Crippen LogP contribution in [0, 0.1) is 6.92 Å². The highest BCUT2D eigenvalue weighted by Gasteiger charge is 2.14. The number of carbonyl (C=O) groups is 2. The van der Waals surface area contributed by atoms with Crippen molar-refractivity contribution >= 4 is 45.3 Å². The summed E-state index contributed by atoms with van der Waals surface area (Å²) in [6.07, 6.45) is 1.67. The van der Waals surface area contributed by atoms with Gasteiger partial charge < -0.3 is 0 Å². The number of aryl methyl sites for hydroxylation is 1. The van der Waals surface area contributed by atoms with Crippen molar-refractivity contribution < 1.29 is 9.59 Å². The Kier molecular flexibility index (Phi) is 5.88. The lowest BCUT2D eigenvalue weighted by atomic mass is 10.0. The van der Waals surface area contributed by atoms with E-state index in [0.717, 1.165) is 16.7 Å². The molecule has 0 aliphatic rings. The summed E-state index contributed by atoms with van der Waals surface area (Å²) >= 11 is 9.20. The first-order valence-corrected chi connectivity index (χ1v) is 9.20. The number of hydrogen-bond acceptors (Lipinski definition) is 3. The predicted octanol–water partition coefficient (Wildman–Crippen LogP) is 5.43. The summed E-state index contributed by atoms with van der Waals surface area (Å²) in [5.74, 6) is -0.155. The summed E-state index contributed by atoms with van der Waals surface area (Å²) in [7, 11) is 0. The van der Waals surface area contributed by atoms with Crippen molar-refractivity contribution in [2.45, 2.75) is 6.92 Å². The van der Waals surface area contributed by atoms with Gasteiger partial charge in [-0.2, -0.15) is 0 Å². The molecule has 3 rings (SSSR count). The summed E-state index contributed by atoms with van der Waals surface area (Å²) in [5.41, 5.74) is 3.21. The molecule has 1 heterocycles. The Bertz CT molecular complexity index is 1010. The number of aromatic nitrogens is 1. The van der Waals surface area contributed by atoms with E-state index in [-0.39, 0.29) is 0 Å². The number of rotatable bonds is 3. The maximum Gasteiger partial charge on any atom is 0.327 e. The second kappa shape index (κ2) is 8.33. The van der Waals surface area contributed by atoms with E-state index in [9.17, 15) is 9.59 Å². The number of urea groups is 1. The first kappa shape index (κ1) is 19.1. The quantitative estimate of drug-likeness (QED) is 0.565. The molecule has 27 heavy (non-hydrogen) atoms. The summed E-state index contributed by atoms with van der Waals surface area (Å²) in [6.45, 7) is 1.92. The monoisotopic (exact) mass is 443 g/mol. The molecule has 0 spiro atoms. The lowest BCUT2D eigenvalue weighted by molar-refractivity contribution is 0.0966.